The smallest absolute Gasteiger partial charge is 0.137 e. The van der Waals surface area contributed by atoms with Crippen LogP contribution in [-0.2, 0) is 5.75 Å². The van der Waals surface area contributed by atoms with E-state index in [-0.39, 0.29) is 11.9 Å². The lowest BCUT2D eigenvalue weighted by Gasteiger charge is -2.13. The average molecular weight is 289 g/mol. The van der Waals surface area contributed by atoms with Crippen LogP contribution in [0.2, 0.25) is 0 Å². The third-order valence-corrected chi connectivity index (χ3v) is 4.35. The zero-order chi connectivity index (χ0) is 14.7. The molecule has 0 aromatic heterocycles. The van der Waals surface area contributed by atoms with Crippen molar-refractivity contribution in [1.82, 2.24) is 0 Å². The standard InChI is InChI=1S/C17H20FNS/c1-11-7-12(2)9-14(8-11)10-20-17-15(13(3)19)5-4-6-16(17)18/h4-9,13H,10,19H2,1-3H3. The number of aryl methyl sites for hydroxylation is 2. The Morgan fingerprint density at radius 1 is 1.15 bits per heavy atom. The van der Waals surface area contributed by atoms with Crippen molar-refractivity contribution in [2.45, 2.75) is 37.5 Å². The molecule has 106 valence electrons. The van der Waals surface area contributed by atoms with E-state index in [2.05, 4.69) is 32.0 Å². The summed E-state index contributed by atoms with van der Waals surface area (Å²) in [5.74, 6) is 0.567. The van der Waals surface area contributed by atoms with Crippen LogP contribution in [-0.4, -0.2) is 0 Å². The summed E-state index contributed by atoms with van der Waals surface area (Å²) >= 11 is 1.52. The SMILES string of the molecule is Cc1cc(C)cc(CSc2c(F)cccc2C(C)N)c1. The van der Waals surface area contributed by atoms with Crippen LogP contribution in [0, 0.1) is 19.7 Å². The fraction of sp³-hybridized carbons (Fsp3) is 0.294. The molecule has 0 saturated heterocycles. The van der Waals surface area contributed by atoms with Gasteiger partial charge in [0.1, 0.15) is 5.82 Å². The predicted molar refractivity (Wildman–Crippen MR) is 84.5 cm³/mol. The molecule has 0 saturated carbocycles. The van der Waals surface area contributed by atoms with Crippen LogP contribution in [0.3, 0.4) is 0 Å². The van der Waals surface area contributed by atoms with E-state index >= 15 is 0 Å². The van der Waals surface area contributed by atoms with Gasteiger partial charge in [0.25, 0.3) is 0 Å². The summed E-state index contributed by atoms with van der Waals surface area (Å²) in [4.78, 5) is 0.668. The summed E-state index contributed by atoms with van der Waals surface area (Å²) in [6.45, 7) is 6.05. The van der Waals surface area contributed by atoms with Crippen molar-refractivity contribution in [2.75, 3.05) is 0 Å². The molecule has 2 rings (SSSR count). The van der Waals surface area contributed by atoms with Gasteiger partial charge >= 0.3 is 0 Å². The van der Waals surface area contributed by atoms with Crippen molar-refractivity contribution in [3.05, 3.63) is 64.5 Å². The highest BCUT2D eigenvalue weighted by Crippen LogP contribution is 2.32. The van der Waals surface area contributed by atoms with E-state index in [4.69, 9.17) is 5.73 Å². The molecule has 0 radical (unpaired) electrons. The second-order valence-corrected chi connectivity index (χ2v) is 6.22. The Bertz CT molecular complexity index is 588. The van der Waals surface area contributed by atoms with Gasteiger partial charge in [0, 0.05) is 16.7 Å². The first-order valence-electron chi connectivity index (χ1n) is 6.71. The first-order valence-corrected chi connectivity index (χ1v) is 7.70. The molecule has 0 amide bonds. The lowest BCUT2D eigenvalue weighted by atomic mass is 10.1. The monoisotopic (exact) mass is 289 g/mol. The van der Waals surface area contributed by atoms with Crippen LogP contribution in [0.4, 0.5) is 4.39 Å². The summed E-state index contributed by atoms with van der Waals surface area (Å²) in [5.41, 5.74) is 10.5. The van der Waals surface area contributed by atoms with Crippen molar-refractivity contribution in [1.29, 1.82) is 0 Å². The Morgan fingerprint density at radius 2 is 1.80 bits per heavy atom. The Kier molecular flexibility index (Phi) is 4.84. The van der Waals surface area contributed by atoms with Gasteiger partial charge in [0.15, 0.2) is 0 Å². The van der Waals surface area contributed by atoms with E-state index in [0.29, 0.717) is 4.90 Å². The topological polar surface area (TPSA) is 26.0 Å². The lowest BCUT2D eigenvalue weighted by molar-refractivity contribution is 0.591. The zero-order valence-electron chi connectivity index (χ0n) is 12.1. The number of nitrogens with two attached hydrogens (primary N) is 1. The molecule has 0 aliphatic heterocycles. The molecule has 3 heteroatoms. The third-order valence-electron chi connectivity index (χ3n) is 3.15. The molecule has 2 aromatic carbocycles. The minimum absolute atomic E-state index is 0.160. The van der Waals surface area contributed by atoms with Gasteiger partial charge in [-0.15, -0.1) is 11.8 Å². The number of thioether (sulfide) groups is 1. The molecule has 0 heterocycles. The summed E-state index contributed by atoms with van der Waals surface area (Å²) < 4.78 is 14.0. The quantitative estimate of drug-likeness (QED) is 0.822. The highest BCUT2D eigenvalue weighted by Gasteiger charge is 2.12. The summed E-state index contributed by atoms with van der Waals surface area (Å²) in [6, 6.07) is 11.4. The van der Waals surface area contributed by atoms with Crippen molar-refractivity contribution >= 4 is 11.8 Å². The highest BCUT2D eigenvalue weighted by atomic mass is 32.2. The average Bonchev–Trinajstić information content (AvgIpc) is 2.35. The summed E-state index contributed by atoms with van der Waals surface area (Å²) in [7, 11) is 0. The van der Waals surface area contributed by atoms with E-state index in [1.165, 1.54) is 34.5 Å². The molecule has 2 aromatic rings. The predicted octanol–water partition coefficient (Wildman–Crippen LogP) is 4.75. The molecule has 1 nitrogen and oxygen atoms in total. The van der Waals surface area contributed by atoms with Gasteiger partial charge in [-0.05, 0) is 38.0 Å². The molecule has 0 aliphatic carbocycles. The molecule has 0 aliphatic rings. The van der Waals surface area contributed by atoms with Gasteiger partial charge in [0.2, 0.25) is 0 Å². The van der Waals surface area contributed by atoms with Gasteiger partial charge in [-0.2, -0.15) is 0 Å². The van der Waals surface area contributed by atoms with Crippen LogP contribution >= 0.6 is 11.8 Å². The molecule has 1 atom stereocenters. The number of benzene rings is 2. The highest BCUT2D eigenvalue weighted by molar-refractivity contribution is 7.98. The first-order chi connectivity index (χ1) is 9.47. The van der Waals surface area contributed by atoms with Crippen molar-refractivity contribution in [3.8, 4) is 0 Å². The maximum atomic E-state index is 14.0. The van der Waals surface area contributed by atoms with Crippen LogP contribution in [0.5, 0.6) is 0 Å². The largest absolute Gasteiger partial charge is 0.324 e. The van der Waals surface area contributed by atoms with Gasteiger partial charge in [0.05, 0.1) is 0 Å². The molecule has 0 bridgehead atoms. The fourth-order valence-electron chi connectivity index (χ4n) is 2.34. The van der Waals surface area contributed by atoms with Gasteiger partial charge in [-0.3, -0.25) is 0 Å². The normalized spacial score (nSPS) is 12.4. The molecule has 0 spiro atoms. The summed E-state index contributed by atoms with van der Waals surface area (Å²) in [6.07, 6.45) is 0. The lowest BCUT2D eigenvalue weighted by Crippen LogP contribution is -2.07. The van der Waals surface area contributed by atoms with E-state index in [1.807, 2.05) is 13.0 Å². The molecule has 1 unspecified atom stereocenters. The summed E-state index contributed by atoms with van der Waals surface area (Å²) in [5, 5.41) is 0. The number of hydrogen-bond acceptors (Lipinski definition) is 2. The second kappa shape index (κ2) is 6.42. The second-order valence-electron chi connectivity index (χ2n) is 5.23. The Morgan fingerprint density at radius 3 is 2.40 bits per heavy atom. The number of hydrogen-bond donors (Lipinski definition) is 1. The first kappa shape index (κ1) is 15.1. The van der Waals surface area contributed by atoms with E-state index in [9.17, 15) is 4.39 Å². The van der Waals surface area contributed by atoms with Gasteiger partial charge < -0.3 is 5.73 Å². The van der Waals surface area contributed by atoms with Crippen LogP contribution in [0.1, 0.15) is 35.2 Å². The van der Waals surface area contributed by atoms with Crippen LogP contribution < -0.4 is 5.73 Å². The molecule has 0 fully saturated rings. The van der Waals surface area contributed by atoms with E-state index in [0.717, 1.165) is 11.3 Å². The molecular formula is C17H20FNS. The van der Waals surface area contributed by atoms with Crippen molar-refractivity contribution in [2.24, 2.45) is 5.73 Å². The van der Waals surface area contributed by atoms with E-state index < -0.39 is 0 Å². The Balaban J connectivity index is 2.22. The van der Waals surface area contributed by atoms with Crippen LogP contribution in [0.25, 0.3) is 0 Å². The number of halogens is 1. The third kappa shape index (κ3) is 3.62. The van der Waals surface area contributed by atoms with Crippen molar-refractivity contribution < 1.29 is 4.39 Å². The molecular weight excluding hydrogens is 269 g/mol. The van der Waals surface area contributed by atoms with E-state index in [1.54, 1.807) is 6.07 Å². The molecule has 2 N–H and O–H groups in total. The van der Waals surface area contributed by atoms with Crippen molar-refractivity contribution in [3.63, 3.8) is 0 Å². The minimum atomic E-state index is -0.186. The van der Waals surface area contributed by atoms with Gasteiger partial charge in [-0.25, -0.2) is 4.39 Å². The maximum Gasteiger partial charge on any atom is 0.137 e. The Hall–Kier alpha value is -1.32. The minimum Gasteiger partial charge on any atom is -0.324 e. The zero-order valence-corrected chi connectivity index (χ0v) is 12.9. The maximum absolute atomic E-state index is 14.0. The van der Waals surface area contributed by atoms with Crippen LogP contribution in [0.15, 0.2) is 41.3 Å². The number of rotatable bonds is 4. The molecule has 20 heavy (non-hydrogen) atoms. The van der Waals surface area contributed by atoms with Gasteiger partial charge in [-0.1, -0.05) is 41.5 Å². The fourth-order valence-corrected chi connectivity index (χ4v) is 3.45. The Labute approximate surface area is 124 Å².